The fourth-order valence-corrected chi connectivity index (χ4v) is 1.54. The van der Waals surface area contributed by atoms with E-state index in [1.165, 1.54) is 12.1 Å². The molecule has 0 N–H and O–H groups in total. The maximum absolute atomic E-state index is 10.3. The molecule has 0 saturated heterocycles. The summed E-state index contributed by atoms with van der Waals surface area (Å²) < 4.78 is 1.11. The highest BCUT2D eigenvalue weighted by molar-refractivity contribution is 14.2. The third kappa shape index (κ3) is 3.59. The van der Waals surface area contributed by atoms with Crippen LogP contribution >= 0.6 is 45.2 Å². The van der Waals surface area contributed by atoms with Crippen molar-refractivity contribution >= 4 is 56.9 Å². The van der Waals surface area contributed by atoms with Gasteiger partial charge in [-0.1, -0.05) is 0 Å². The highest BCUT2D eigenvalue weighted by Gasteiger charge is 2.02. The Hall–Kier alpha value is -0.180. The molecule has 0 aliphatic rings. The molecule has 1 rings (SSSR count). The Bertz CT molecular complexity index is 342. The third-order valence-corrected chi connectivity index (χ3v) is 2.00. The minimum Gasteiger partial charge on any atom is -0.258 e. The van der Waals surface area contributed by atoms with Gasteiger partial charge in [0.15, 0.2) is 0 Å². The molecule has 0 saturated carbocycles. The van der Waals surface area contributed by atoms with E-state index >= 15 is 0 Å². The van der Waals surface area contributed by atoms with Crippen molar-refractivity contribution < 1.29 is 4.92 Å². The van der Waals surface area contributed by atoms with E-state index < -0.39 is 4.92 Å². The van der Waals surface area contributed by atoms with Gasteiger partial charge in [-0.05, 0) is 69.0 Å². The maximum Gasteiger partial charge on any atom is 0.269 e. The molecule has 68 valence electrons. The average molecular weight is 401 g/mol. The predicted molar refractivity (Wildman–Crippen MR) is 69.1 cm³/mol. The van der Waals surface area contributed by atoms with E-state index in [0.717, 1.165) is 7.15 Å². The highest BCUT2D eigenvalue weighted by atomic mass is 127. The van der Waals surface area contributed by atoms with Gasteiger partial charge in [0.05, 0.1) is 6.51 Å². The zero-order chi connectivity index (χ0) is 9.84. The number of hydrogen-bond acceptors (Lipinski definition) is 2. The van der Waals surface area contributed by atoms with Crippen LogP contribution < -0.4 is 0 Å². The lowest BCUT2D eigenvalue weighted by atomic mass is 10.2. The molecule has 0 aliphatic heterocycles. The van der Waals surface area contributed by atoms with Crippen molar-refractivity contribution in [2.45, 2.75) is 0 Å². The van der Waals surface area contributed by atoms with Gasteiger partial charge in [-0.2, -0.15) is 0 Å². The van der Waals surface area contributed by atoms with Gasteiger partial charge in [0.1, 0.15) is 0 Å². The summed E-state index contributed by atoms with van der Waals surface area (Å²) in [6.45, 7) is 0. The van der Waals surface area contributed by atoms with Gasteiger partial charge in [-0.15, -0.1) is 0 Å². The number of benzene rings is 1. The molecule has 3 nitrogen and oxygen atoms in total. The number of rotatable bonds is 2. The summed E-state index contributed by atoms with van der Waals surface area (Å²) >= 11 is 4.36. The van der Waals surface area contributed by atoms with E-state index in [0.29, 0.717) is 0 Å². The third-order valence-electron chi connectivity index (χ3n) is 1.38. The summed E-state index contributed by atoms with van der Waals surface area (Å²) in [5.41, 5.74) is 1.10. The lowest BCUT2D eigenvalue weighted by Crippen LogP contribution is -1.86. The first-order valence-corrected chi connectivity index (χ1v) is 5.52. The predicted octanol–water partition coefficient (Wildman–Crippen LogP) is 3.76. The molecule has 0 heterocycles. The van der Waals surface area contributed by atoms with Crippen molar-refractivity contribution in [2.75, 3.05) is 0 Å². The second kappa shape index (κ2) is 4.89. The summed E-state index contributed by atoms with van der Waals surface area (Å²) in [6.07, 6.45) is 1.95. The van der Waals surface area contributed by atoms with E-state index in [1.54, 1.807) is 12.1 Å². The topological polar surface area (TPSA) is 43.1 Å². The van der Waals surface area contributed by atoms with Crippen molar-refractivity contribution in [2.24, 2.45) is 0 Å². The number of nitrogens with zero attached hydrogens (tertiary/aromatic N) is 1. The number of hydrogen-bond donors (Lipinski definition) is 0. The van der Waals surface area contributed by atoms with Crippen LogP contribution in [-0.2, 0) is 0 Å². The van der Waals surface area contributed by atoms with Crippen LogP contribution in [0.15, 0.2) is 25.9 Å². The lowest BCUT2D eigenvalue weighted by molar-refractivity contribution is -0.384. The number of halogens is 2. The van der Waals surface area contributed by atoms with Crippen LogP contribution in [0.4, 0.5) is 5.69 Å². The monoisotopic (exact) mass is 401 g/mol. The van der Waals surface area contributed by atoms with Crippen LogP contribution in [0, 0.1) is 10.1 Å². The fraction of sp³-hybridized carbons (Fsp3) is 0. The number of nitro groups is 1. The zero-order valence-electron chi connectivity index (χ0n) is 6.41. The Balaban J connectivity index is 2.94. The van der Waals surface area contributed by atoms with Gasteiger partial charge in [0.25, 0.3) is 5.69 Å². The molecule has 0 atom stereocenters. The first-order valence-electron chi connectivity index (χ1n) is 3.37. The number of non-ortho nitro benzene ring substituents is 1. The van der Waals surface area contributed by atoms with E-state index in [4.69, 9.17) is 0 Å². The van der Waals surface area contributed by atoms with Crippen molar-refractivity contribution in [1.82, 2.24) is 0 Å². The van der Waals surface area contributed by atoms with Crippen molar-refractivity contribution in [3.63, 3.8) is 0 Å². The minimum atomic E-state index is -0.400. The van der Waals surface area contributed by atoms with E-state index in [9.17, 15) is 10.1 Å². The van der Waals surface area contributed by atoms with Crippen LogP contribution in [0.25, 0.3) is 6.08 Å². The molecule has 0 radical (unpaired) electrons. The Morgan fingerprint density at radius 2 is 1.85 bits per heavy atom. The van der Waals surface area contributed by atoms with Gasteiger partial charge in [-0.3, -0.25) is 10.1 Å². The summed E-state index contributed by atoms with van der Waals surface area (Å²) in [5.74, 6) is 0. The van der Waals surface area contributed by atoms with Crippen LogP contribution in [0.2, 0.25) is 0 Å². The summed E-state index contributed by atoms with van der Waals surface area (Å²) in [7, 11) is 0. The highest BCUT2D eigenvalue weighted by Crippen LogP contribution is 2.20. The molecule has 0 fully saturated rings. The van der Waals surface area contributed by atoms with Gasteiger partial charge >= 0.3 is 0 Å². The maximum atomic E-state index is 10.3. The van der Waals surface area contributed by atoms with Crippen LogP contribution in [0.5, 0.6) is 0 Å². The van der Waals surface area contributed by atoms with Crippen molar-refractivity contribution in [1.29, 1.82) is 0 Å². The van der Waals surface area contributed by atoms with E-state index in [-0.39, 0.29) is 5.69 Å². The Morgan fingerprint density at radius 3 is 2.23 bits per heavy atom. The molecular formula is C8H5I2NO2. The quantitative estimate of drug-likeness (QED) is 0.431. The van der Waals surface area contributed by atoms with Gasteiger partial charge < -0.3 is 0 Å². The molecule has 0 amide bonds. The van der Waals surface area contributed by atoms with Crippen LogP contribution in [-0.4, -0.2) is 4.92 Å². The molecule has 13 heavy (non-hydrogen) atoms. The SMILES string of the molecule is O=[N+]([O-])c1ccc(C=C(I)I)cc1. The average Bonchev–Trinajstić information content (AvgIpc) is 2.04. The standard InChI is InChI=1S/C8H5I2NO2/c9-8(10)5-6-1-3-7(4-2-6)11(12)13/h1-5H. The van der Waals surface area contributed by atoms with Gasteiger partial charge in [0.2, 0.25) is 0 Å². The molecule has 0 aliphatic carbocycles. The molecule has 5 heteroatoms. The second-order valence-corrected chi connectivity index (χ2v) is 6.67. The molecule has 1 aromatic rings. The molecule has 0 aromatic heterocycles. The smallest absolute Gasteiger partial charge is 0.258 e. The zero-order valence-corrected chi connectivity index (χ0v) is 10.7. The Labute approximate surface area is 103 Å². The number of nitro benzene ring substituents is 1. The first kappa shape index (κ1) is 10.9. The minimum absolute atomic E-state index is 0.126. The second-order valence-electron chi connectivity index (χ2n) is 2.28. The molecule has 0 unspecified atom stereocenters. The van der Waals surface area contributed by atoms with Crippen molar-refractivity contribution in [3.05, 3.63) is 41.5 Å². The summed E-state index contributed by atoms with van der Waals surface area (Å²) in [4.78, 5) is 9.92. The van der Waals surface area contributed by atoms with Gasteiger partial charge in [-0.25, -0.2) is 0 Å². The molecule has 0 spiro atoms. The molecule has 1 aromatic carbocycles. The molecular weight excluding hydrogens is 396 g/mol. The first-order chi connectivity index (χ1) is 6.09. The van der Waals surface area contributed by atoms with Crippen LogP contribution in [0.3, 0.4) is 0 Å². The summed E-state index contributed by atoms with van der Waals surface area (Å²) in [6, 6.07) is 6.47. The Kier molecular flexibility index (Phi) is 4.10. The lowest BCUT2D eigenvalue weighted by Gasteiger charge is -1.93. The van der Waals surface area contributed by atoms with Crippen LogP contribution in [0.1, 0.15) is 5.56 Å². The summed E-state index contributed by atoms with van der Waals surface area (Å²) in [5, 5.41) is 10.3. The van der Waals surface area contributed by atoms with Crippen molar-refractivity contribution in [3.8, 4) is 0 Å². The fourth-order valence-electron chi connectivity index (χ4n) is 0.818. The van der Waals surface area contributed by atoms with E-state index in [1.807, 2.05) is 6.08 Å². The van der Waals surface area contributed by atoms with E-state index in [2.05, 4.69) is 45.2 Å². The molecule has 0 bridgehead atoms. The normalized spacial score (nSPS) is 9.38. The Morgan fingerprint density at radius 1 is 1.31 bits per heavy atom. The van der Waals surface area contributed by atoms with Gasteiger partial charge in [0, 0.05) is 12.1 Å². The largest absolute Gasteiger partial charge is 0.269 e.